The second kappa shape index (κ2) is 4.69. The molecule has 0 bridgehead atoms. The molecule has 0 saturated heterocycles. The molecule has 0 spiro atoms. The lowest BCUT2D eigenvalue weighted by Crippen LogP contribution is -2.05. The van der Waals surface area contributed by atoms with E-state index in [4.69, 9.17) is 0 Å². The van der Waals surface area contributed by atoms with Gasteiger partial charge in [0.2, 0.25) is 0 Å². The van der Waals surface area contributed by atoms with Crippen molar-refractivity contribution in [2.24, 2.45) is 0 Å². The predicted octanol–water partition coefficient (Wildman–Crippen LogP) is 3.13. The van der Waals surface area contributed by atoms with E-state index in [0.717, 1.165) is 6.42 Å². The lowest BCUT2D eigenvalue weighted by molar-refractivity contribution is 0.138. The van der Waals surface area contributed by atoms with Crippen molar-refractivity contribution < 1.29 is 8.78 Å². The fourth-order valence-electron chi connectivity index (χ4n) is 1.18. The summed E-state index contributed by atoms with van der Waals surface area (Å²) in [6.45, 7) is 2.48. The highest BCUT2D eigenvalue weighted by Gasteiger charge is 2.18. The largest absolute Gasteiger partial charge is 0.280 e. The Kier molecular flexibility index (Phi) is 3.84. The fourth-order valence-corrected chi connectivity index (χ4v) is 1.61. The van der Waals surface area contributed by atoms with E-state index >= 15 is 0 Å². The molecule has 0 aromatic carbocycles. The second-order valence-corrected chi connectivity index (χ2v) is 3.27. The second-order valence-electron chi connectivity index (χ2n) is 2.71. The van der Waals surface area contributed by atoms with Gasteiger partial charge in [0.15, 0.2) is 0 Å². The van der Waals surface area contributed by atoms with Gasteiger partial charge in [-0.2, -0.15) is 5.10 Å². The van der Waals surface area contributed by atoms with Crippen LogP contribution in [0.15, 0.2) is 6.20 Å². The van der Waals surface area contributed by atoms with Crippen LogP contribution in [0.1, 0.15) is 31.0 Å². The summed E-state index contributed by atoms with van der Waals surface area (Å²) in [7, 11) is 0. The molecule has 74 valence electrons. The number of alkyl halides is 3. The number of rotatable bonds is 4. The van der Waals surface area contributed by atoms with E-state index in [9.17, 15) is 8.78 Å². The highest BCUT2D eigenvalue weighted by Crippen LogP contribution is 2.24. The first-order valence-corrected chi connectivity index (χ1v) is 5.21. The van der Waals surface area contributed by atoms with E-state index in [-0.39, 0.29) is 5.69 Å². The topological polar surface area (TPSA) is 17.8 Å². The highest BCUT2D eigenvalue weighted by molar-refractivity contribution is 9.08. The van der Waals surface area contributed by atoms with Crippen molar-refractivity contribution >= 4 is 15.9 Å². The van der Waals surface area contributed by atoms with Gasteiger partial charge in [-0.3, -0.25) is 4.68 Å². The summed E-state index contributed by atoms with van der Waals surface area (Å²) in [4.78, 5) is 0. The molecule has 0 saturated carbocycles. The summed E-state index contributed by atoms with van der Waals surface area (Å²) < 4.78 is 26.5. The number of halogens is 3. The number of nitrogens with zero attached hydrogens (tertiary/aromatic N) is 2. The Morgan fingerprint density at radius 3 is 2.77 bits per heavy atom. The molecule has 1 aromatic rings. The SMILES string of the molecule is CCCn1ncc(CBr)c1C(F)F. The first-order chi connectivity index (χ1) is 6.20. The molecule has 0 N–H and O–H groups in total. The summed E-state index contributed by atoms with van der Waals surface area (Å²) >= 11 is 3.15. The summed E-state index contributed by atoms with van der Waals surface area (Å²) in [5, 5.41) is 4.33. The number of aromatic nitrogens is 2. The van der Waals surface area contributed by atoms with Gasteiger partial charge in [0, 0.05) is 17.4 Å². The number of aryl methyl sites for hydroxylation is 1. The van der Waals surface area contributed by atoms with E-state index in [0.29, 0.717) is 17.4 Å². The molecule has 2 nitrogen and oxygen atoms in total. The van der Waals surface area contributed by atoms with Crippen LogP contribution >= 0.6 is 15.9 Å². The number of hydrogen-bond acceptors (Lipinski definition) is 1. The predicted molar refractivity (Wildman–Crippen MR) is 50.1 cm³/mol. The van der Waals surface area contributed by atoms with Gasteiger partial charge < -0.3 is 0 Å². The first kappa shape index (κ1) is 10.6. The van der Waals surface area contributed by atoms with E-state index in [1.165, 1.54) is 10.9 Å². The molecule has 1 rings (SSSR count). The van der Waals surface area contributed by atoms with Gasteiger partial charge in [-0.1, -0.05) is 22.9 Å². The molecule has 0 fully saturated rings. The molecule has 0 unspecified atom stereocenters. The van der Waals surface area contributed by atoms with Crippen molar-refractivity contribution in [3.8, 4) is 0 Å². The quantitative estimate of drug-likeness (QED) is 0.754. The molecule has 1 heterocycles. The van der Waals surface area contributed by atoms with E-state index in [1.807, 2.05) is 6.92 Å². The third-order valence-corrected chi connectivity index (χ3v) is 2.35. The Bertz CT molecular complexity index is 273. The summed E-state index contributed by atoms with van der Waals surface area (Å²) in [6, 6.07) is 0. The summed E-state index contributed by atoms with van der Waals surface area (Å²) in [5.41, 5.74) is 0.613. The highest BCUT2D eigenvalue weighted by atomic mass is 79.9. The van der Waals surface area contributed by atoms with Crippen molar-refractivity contribution in [3.05, 3.63) is 17.5 Å². The minimum Gasteiger partial charge on any atom is -0.263 e. The van der Waals surface area contributed by atoms with E-state index < -0.39 is 6.43 Å². The Hall–Kier alpha value is -0.450. The Morgan fingerprint density at radius 2 is 2.31 bits per heavy atom. The van der Waals surface area contributed by atoms with Gasteiger partial charge in [-0.15, -0.1) is 0 Å². The zero-order valence-electron chi connectivity index (χ0n) is 7.30. The van der Waals surface area contributed by atoms with Gasteiger partial charge in [0.05, 0.1) is 6.20 Å². The monoisotopic (exact) mass is 252 g/mol. The Morgan fingerprint density at radius 1 is 1.62 bits per heavy atom. The van der Waals surface area contributed by atoms with Crippen LogP contribution in [-0.4, -0.2) is 9.78 Å². The van der Waals surface area contributed by atoms with Crippen molar-refractivity contribution in [2.75, 3.05) is 0 Å². The molecule has 1 aromatic heterocycles. The third-order valence-electron chi connectivity index (χ3n) is 1.75. The maximum absolute atomic E-state index is 12.6. The zero-order valence-corrected chi connectivity index (χ0v) is 8.89. The van der Waals surface area contributed by atoms with Gasteiger partial charge in [0.1, 0.15) is 5.69 Å². The van der Waals surface area contributed by atoms with Crippen LogP contribution in [0.3, 0.4) is 0 Å². The average molecular weight is 253 g/mol. The van der Waals surface area contributed by atoms with Gasteiger partial charge in [-0.05, 0) is 6.42 Å². The number of hydrogen-bond donors (Lipinski definition) is 0. The molecule has 5 heteroatoms. The lowest BCUT2D eigenvalue weighted by Gasteiger charge is -2.05. The van der Waals surface area contributed by atoms with Crippen LogP contribution in [-0.2, 0) is 11.9 Å². The smallest absolute Gasteiger partial charge is 0.263 e. The first-order valence-electron chi connectivity index (χ1n) is 4.09. The molecule has 0 atom stereocenters. The zero-order chi connectivity index (χ0) is 9.84. The van der Waals surface area contributed by atoms with Crippen molar-refractivity contribution in [1.82, 2.24) is 9.78 Å². The molecular weight excluding hydrogens is 242 g/mol. The lowest BCUT2D eigenvalue weighted by atomic mass is 10.3. The maximum Gasteiger partial charge on any atom is 0.280 e. The van der Waals surface area contributed by atoms with Gasteiger partial charge in [-0.25, -0.2) is 8.78 Å². The summed E-state index contributed by atoms with van der Waals surface area (Å²) in [6.07, 6.45) is -0.142. The molecule has 0 radical (unpaired) electrons. The van der Waals surface area contributed by atoms with Crippen LogP contribution in [0.4, 0.5) is 8.78 Å². The minimum atomic E-state index is -2.44. The van der Waals surface area contributed by atoms with Crippen molar-refractivity contribution in [3.63, 3.8) is 0 Å². The van der Waals surface area contributed by atoms with Crippen LogP contribution in [0.2, 0.25) is 0 Å². The molecule has 13 heavy (non-hydrogen) atoms. The Labute approximate surface area is 84.1 Å². The van der Waals surface area contributed by atoms with Crippen LogP contribution in [0, 0.1) is 0 Å². The van der Waals surface area contributed by atoms with Crippen LogP contribution in [0.25, 0.3) is 0 Å². The molecular formula is C8H11BrF2N2. The molecule has 0 aliphatic rings. The van der Waals surface area contributed by atoms with Crippen LogP contribution in [0.5, 0.6) is 0 Å². The van der Waals surface area contributed by atoms with Crippen molar-refractivity contribution in [2.45, 2.75) is 31.6 Å². The maximum atomic E-state index is 12.6. The molecule has 0 amide bonds. The Balaban J connectivity index is 2.99. The third kappa shape index (κ3) is 2.27. The normalized spacial score (nSPS) is 11.2. The van der Waals surface area contributed by atoms with Gasteiger partial charge in [0.25, 0.3) is 6.43 Å². The summed E-state index contributed by atoms with van der Waals surface area (Å²) in [5.74, 6) is 0. The minimum absolute atomic E-state index is 0.0405. The van der Waals surface area contributed by atoms with E-state index in [2.05, 4.69) is 21.0 Å². The molecule has 0 aliphatic carbocycles. The average Bonchev–Trinajstić information content (AvgIpc) is 2.48. The van der Waals surface area contributed by atoms with Gasteiger partial charge >= 0.3 is 0 Å². The van der Waals surface area contributed by atoms with Crippen molar-refractivity contribution in [1.29, 1.82) is 0 Å². The standard InChI is InChI=1S/C8H11BrF2N2/c1-2-3-13-7(8(10)11)6(4-9)5-12-13/h5,8H,2-4H2,1H3. The van der Waals surface area contributed by atoms with Crippen LogP contribution < -0.4 is 0 Å². The van der Waals surface area contributed by atoms with E-state index in [1.54, 1.807) is 0 Å². The molecule has 0 aliphatic heterocycles. The fraction of sp³-hybridized carbons (Fsp3) is 0.625.